The van der Waals surface area contributed by atoms with Crippen molar-refractivity contribution in [2.75, 3.05) is 40.3 Å². The van der Waals surface area contributed by atoms with Gasteiger partial charge in [0.25, 0.3) is 0 Å². The molecule has 1 aliphatic heterocycles. The maximum atomic E-state index is 13.5. The summed E-state index contributed by atoms with van der Waals surface area (Å²) in [7, 11) is 3.61. The normalized spacial score (nSPS) is 18.3. The molecule has 1 aliphatic rings. The molecule has 1 heterocycles. The van der Waals surface area contributed by atoms with Gasteiger partial charge in [-0.05, 0) is 24.7 Å². The van der Waals surface area contributed by atoms with Gasteiger partial charge < -0.3 is 9.64 Å². The molecule has 0 aromatic heterocycles. The zero-order valence-electron chi connectivity index (χ0n) is 10.4. The summed E-state index contributed by atoms with van der Waals surface area (Å²) >= 11 is 0. The van der Waals surface area contributed by atoms with Gasteiger partial charge in [-0.1, -0.05) is 6.07 Å². The zero-order chi connectivity index (χ0) is 12.3. The lowest BCUT2D eigenvalue weighted by Crippen LogP contribution is -2.43. The SMILES string of the molecule is COc1ccc(CN2CCN(C)CC2)cc1F. The first-order valence-electron chi connectivity index (χ1n) is 5.92. The molecule has 0 bridgehead atoms. The van der Waals surface area contributed by atoms with Gasteiger partial charge in [0, 0.05) is 32.7 Å². The Morgan fingerprint density at radius 3 is 2.53 bits per heavy atom. The highest BCUT2D eigenvalue weighted by atomic mass is 19.1. The van der Waals surface area contributed by atoms with Crippen LogP contribution in [-0.4, -0.2) is 50.1 Å². The van der Waals surface area contributed by atoms with E-state index < -0.39 is 0 Å². The lowest BCUT2D eigenvalue weighted by molar-refractivity contribution is 0.148. The van der Waals surface area contributed by atoms with Crippen LogP contribution in [0, 0.1) is 5.82 Å². The minimum absolute atomic E-state index is 0.279. The third kappa shape index (κ3) is 3.17. The Labute approximate surface area is 102 Å². The predicted molar refractivity (Wildman–Crippen MR) is 65.7 cm³/mol. The molecule has 94 valence electrons. The van der Waals surface area contributed by atoms with Crippen LogP contribution >= 0.6 is 0 Å². The fourth-order valence-corrected chi connectivity index (χ4v) is 2.07. The van der Waals surface area contributed by atoms with E-state index in [1.165, 1.54) is 7.11 Å². The van der Waals surface area contributed by atoms with Crippen molar-refractivity contribution >= 4 is 0 Å². The lowest BCUT2D eigenvalue weighted by Gasteiger charge is -2.32. The van der Waals surface area contributed by atoms with Crippen LogP contribution < -0.4 is 4.74 Å². The molecule has 1 saturated heterocycles. The van der Waals surface area contributed by atoms with Gasteiger partial charge in [0.15, 0.2) is 11.6 Å². The molecule has 1 fully saturated rings. The van der Waals surface area contributed by atoms with E-state index in [1.54, 1.807) is 12.1 Å². The van der Waals surface area contributed by atoms with Crippen LogP contribution in [0.4, 0.5) is 4.39 Å². The number of benzene rings is 1. The minimum Gasteiger partial charge on any atom is -0.494 e. The summed E-state index contributed by atoms with van der Waals surface area (Å²) in [6, 6.07) is 5.19. The van der Waals surface area contributed by atoms with Crippen molar-refractivity contribution in [2.24, 2.45) is 0 Å². The minimum atomic E-state index is -0.279. The third-order valence-corrected chi connectivity index (χ3v) is 3.22. The maximum absolute atomic E-state index is 13.5. The van der Waals surface area contributed by atoms with Crippen molar-refractivity contribution in [3.63, 3.8) is 0 Å². The molecule has 0 aliphatic carbocycles. The van der Waals surface area contributed by atoms with Gasteiger partial charge in [0.1, 0.15) is 0 Å². The summed E-state index contributed by atoms with van der Waals surface area (Å²) < 4.78 is 18.4. The van der Waals surface area contributed by atoms with Crippen molar-refractivity contribution in [2.45, 2.75) is 6.54 Å². The number of ether oxygens (including phenoxy) is 1. The molecule has 0 saturated carbocycles. The molecule has 1 aromatic carbocycles. The highest BCUT2D eigenvalue weighted by Gasteiger charge is 2.14. The van der Waals surface area contributed by atoms with E-state index in [4.69, 9.17) is 4.74 Å². The Hall–Kier alpha value is -1.13. The molecule has 4 heteroatoms. The molecular weight excluding hydrogens is 219 g/mol. The number of piperazine rings is 1. The fraction of sp³-hybridized carbons (Fsp3) is 0.538. The Kier molecular flexibility index (Phi) is 3.97. The number of halogens is 1. The summed E-state index contributed by atoms with van der Waals surface area (Å²) in [5, 5.41) is 0. The van der Waals surface area contributed by atoms with E-state index in [0.717, 1.165) is 38.3 Å². The molecule has 17 heavy (non-hydrogen) atoms. The van der Waals surface area contributed by atoms with Gasteiger partial charge in [0.05, 0.1) is 7.11 Å². The lowest BCUT2D eigenvalue weighted by atomic mass is 10.2. The van der Waals surface area contributed by atoms with Crippen molar-refractivity contribution in [3.8, 4) is 5.75 Å². The van der Waals surface area contributed by atoms with Gasteiger partial charge >= 0.3 is 0 Å². The molecule has 2 rings (SSSR count). The van der Waals surface area contributed by atoms with Crippen LogP contribution in [0.1, 0.15) is 5.56 Å². The first-order chi connectivity index (χ1) is 8.19. The van der Waals surface area contributed by atoms with Gasteiger partial charge in [0.2, 0.25) is 0 Å². The number of hydrogen-bond donors (Lipinski definition) is 0. The molecule has 0 atom stereocenters. The summed E-state index contributed by atoms with van der Waals surface area (Å²) in [6.45, 7) is 5.07. The zero-order valence-corrected chi connectivity index (χ0v) is 10.4. The maximum Gasteiger partial charge on any atom is 0.165 e. The second-order valence-corrected chi connectivity index (χ2v) is 4.55. The summed E-state index contributed by atoms with van der Waals surface area (Å²) in [6.07, 6.45) is 0. The van der Waals surface area contributed by atoms with Crippen LogP contribution in [-0.2, 0) is 6.54 Å². The summed E-state index contributed by atoms with van der Waals surface area (Å²) in [5.74, 6) is 0.0336. The van der Waals surface area contributed by atoms with Crippen LogP contribution in [0.2, 0.25) is 0 Å². The van der Waals surface area contributed by atoms with Crippen molar-refractivity contribution in [3.05, 3.63) is 29.6 Å². The van der Waals surface area contributed by atoms with Crippen LogP contribution in [0.3, 0.4) is 0 Å². The van der Waals surface area contributed by atoms with Gasteiger partial charge in [-0.25, -0.2) is 4.39 Å². The van der Waals surface area contributed by atoms with E-state index in [9.17, 15) is 4.39 Å². The second kappa shape index (κ2) is 5.47. The van der Waals surface area contributed by atoms with Crippen molar-refractivity contribution < 1.29 is 9.13 Å². The van der Waals surface area contributed by atoms with E-state index in [0.29, 0.717) is 5.75 Å². The number of rotatable bonds is 3. The largest absolute Gasteiger partial charge is 0.494 e. The first kappa shape index (κ1) is 12.3. The van der Waals surface area contributed by atoms with Gasteiger partial charge in [-0.15, -0.1) is 0 Å². The highest BCUT2D eigenvalue weighted by molar-refractivity contribution is 5.29. The van der Waals surface area contributed by atoms with Crippen molar-refractivity contribution in [1.29, 1.82) is 0 Å². The Balaban J connectivity index is 1.97. The Bertz CT molecular complexity index is 376. The average Bonchev–Trinajstić information content (AvgIpc) is 2.32. The summed E-state index contributed by atoms with van der Waals surface area (Å²) in [5.41, 5.74) is 1.01. The summed E-state index contributed by atoms with van der Waals surface area (Å²) in [4.78, 5) is 4.66. The smallest absolute Gasteiger partial charge is 0.165 e. The van der Waals surface area contributed by atoms with E-state index in [-0.39, 0.29) is 5.82 Å². The molecule has 0 spiro atoms. The predicted octanol–water partition coefficient (Wildman–Crippen LogP) is 1.58. The Morgan fingerprint density at radius 1 is 1.24 bits per heavy atom. The van der Waals surface area contributed by atoms with Crippen LogP contribution in [0.5, 0.6) is 5.75 Å². The Morgan fingerprint density at radius 2 is 1.94 bits per heavy atom. The fourth-order valence-electron chi connectivity index (χ4n) is 2.07. The van der Waals surface area contributed by atoms with Crippen molar-refractivity contribution in [1.82, 2.24) is 9.80 Å². The van der Waals surface area contributed by atoms with Crippen LogP contribution in [0.15, 0.2) is 18.2 Å². The van der Waals surface area contributed by atoms with Gasteiger partial charge in [-0.3, -0.25) is 4.90 Å². The van der Waals surface area contributed by atoms with E-state index >= 15 is 0 Å². The number of nitrogens with zero attached hydrogens (tertiary/aromatic N) is 2. The topological polar surface area (TPSA) is 15.7 Å². The molecule has 3 nitrogen and oxygen atoms in total. The molecule has 0 amide bonds. The van der Waals surface area contributed by atoms with Crippen LogP contribution in [0.25, 0.3) is 0 Å². The first-order valence-corrected chi connectivity index (χ1v) is 5.92. The standard InChI is InChI=1S/C13H19FN2O/c1-15-5-7-16(8-6-15)10-11-3-4-13(17-2)12(14)9-11/h3-4,9H,5-8,10H2,1-2H3. The highest BCUT2D eigenvalue weighted by Crippen LogP contribution is 2.18. The molecule has 0 N–H and O–H groups in total. The molecule has 0 unspecified atom stereocenters. The number of methoxy groups -OCH3 is 1. The monoisotopic (exact) mass is 238 g/mol. The van der Waals surface area contributed by atoms with E-state index in [2.05, 4.69) is 16.8 Å². The van der Waals surface area contributed by atoms with E-state index in [1.807, 2.05) is 6.07 Å². The van der Waals surface area contributed by atoms with Gasteiger partial charge in [-0.2, -0.15) is 0 Å². The second-order valence-electron chi connectivity index (χ2n) is 4.55. The third-order valence-electron chi connectivity index (χ3n) is 3.22. The number of hydrogen-bond acceptors (Lipinski definition) is 3. The molecule has 0 radical (unpaired) electrons. The molecular formula is C13H19FN2O. The quantitative estimate of drug-likeness (QED) is 0.795. The molecule has 1 aromatic rings. The number of likely N-dealkylation sites (N-methyl/N-ethyl adjacent to an activating group) is 1. The average molecular weight is 238 g/mol.